The summed E-state index contributed by atoms with van der Waals surface area (Å²) in [6.45, 7) is 0. The van der Waals surface area contributed by atoms with Gasteiger partial charge in [0.2, 0.25) is 0 Å². The molecule has 0 N–H and O–H groups in total. The van der Waals surface area contributed by atoms with Crippen molar-refractivity contribution >= 4 is 49.6 Å². The van der Waals surface area contributed by atoms with Crippen molar-refractivity contribution < 1.29 is 13.7 Å². The van der Waals surface area contributed by atoms with Crippen LogP contribution >= 0.6 is 0 Å². The quantitative estimate of drug-likeness (QED) is 0.156. The van der Waals surface area contributed by atoms with E-state index < -0.39 is 65.8 Å². The zero-order chi connectivity index (χ0) is 49.0. The number of aromatic nitrogens is 1. The van der Waals surface area contributed by atoms with E-state index >= 15 is 0 Å². The lowest BCUT2D eigenvalue weighted by Gasteiger charge is -2.34. The third-order valence-corrected chi connectivity index (χ3v) is 12.2. The summed E-state index contributed by atoms with van der Waals surface area (Å²) in [5, 5.41) is 3.61. The number of rotatable bonds is 7. The van der Waals surface area contributed by atoms with Crippen molar-refractivity contribution in [1.29, 1.82) is 0 Å². The molecule has 2 heteroatoms. The maximum Gasteiger partial charge on any atom is 0.0713 e. The average Bonchev–Trinajstić information content (AvgIpc) is 3.90. The van der Waals surface area contributed by atoms with Gasteiger partial charge in [-0.1, -0.05) is 182 Å². The van der Waals surface area contributed by atoms with Gasteiger partial charge in [0.05, 0.1) is 35.8 Å². The monoisotopic (exact) mass is 786 g/mol. The van der Waals surface area contributed by atoms with E-state index in [1.807, 2.05) is 36.4 Å². The normalized spacial score (nSPS) is 15.0. The Morgan fingerprint density at radius 1 is 0.393 bits per heavy atom. The van der Waals surface area contributed by atoms with Crippen LogP contribution in [0.5, 0.6) is 0 Å². The second-order valence-corrected chi connectivity index (χ2v) is 15.3. The van der Waals surface area contributed by atoms with Crippen LogP contribution in [0.25, 0.3) is 60.5 Å². The number of nitrogens with zero attached hydrogens (tertiary/aromatic N) is 2. The van der Waals surface area contributed by atoms with Crippen molar-refractivity contribution in [1.82, 2.24) is 4.57 Å². The van der Waals surface area contributed by atoms with Crippen molar-refractivity contribution in [3.8, 4) is 27.9 Å². The van der Waals surface area contributed by atoms with Gasteiger partial charge in [0, 0.05) is 33.2 Å². The molecule has 286 valence electrons. The lowest BCUT2D eigenvalue weighted by Crippen LogP contribution is -2.28. The fraction of sp³-hybridized carbons (Fsp3) is 0.0169. The number of hydrogen-bond acceptors (Lipinski definition) is 1. The summed E-state index contributed by atoms with van der Waals surface area (Å²) in [6, 6.07) is 56.6. The molecule has 1 aliphatic carbocycles. The van der Waals surface area contributed by atoms with E-state index in [4.69, 9.17) is 13.7 Å². The molecular weight excluding hydrogens is 737 g/mol. The Kier molecular flexibility index (Phi) is 6.07. The van der Waals surface area contributed by atoms with Gasteiger partial charge >= 0.3 is 0 Å². The van der Waals surface area contributed by atoms with E-state index in [0.29, 0.717) is 0 Å². The highest BCUT2D eigenvalue weighted by Gasteiger charge is 2.45. The molecule has 12 rings (SSSR count). The molecule has 10 aromatic carbocycles. The number of fused-ring (bicyclic) bond motifs is 7. The molecule has 0 amide bonds. The third-order valence-electron chi connectivity index (χ3n) is 12.2. The van der Waals surface area contributed by atoms with Gasteiger partial charge in [0.15, 0.2) is 0 Å². The Bertz CT molecular complexity index is 3840. The molecule has 1 heterocycles. The van der Waals surface area contributed by atoms with Crippen LogP contribution in [-0.4, -0.2) is 4.57 Å². The van der Waals surface area contributed by atoms with Crippen molar-refractivity contribution in [2.75, 3.05) is 4.90 Å². The topological polar surface area (TPSA) is 8.17 Å². The van der Waals surface area contributed by atoms with Crippen LogP contribution in [0.1, 0.15) is 36.0 Å². The van der Waals surface area contributed by atoms with Gasteiger partial charge in [-0.2, -0.15) is 0 Å². The molecule has 11 aromatic rings. The van der Waals surface area contributed by atoms with Crippen molar-refractivity contribution in [3.05, 3.63) is 265 Å². The fourth-order valence-electron chi connectivity index (χ4n) is 9.70. The summed E-state index contributed by atoms with van der Waals surface area (Å²) in [4.78, 5) is 1.21. The van der Waals surface area contributed by atoms with Crippen LogP contribution in [0.2, 0.25) is 0 Å². The van der Waals surface area contributed by atoms with E-state index in [-0.39, 0.29) is 17.1 Å². The summed E-state index contributed by atoms with van der Waals surface area (Å²) in [5.74, 6) is 0. The van der Waals surface area contributed by atoms with E-state index in [2.05, 4.69) is 144 Å². The summed E-state index contributed by atoms with van der Waals surface area (Å²) < 4.78 is 89.9. The second kappa shape index (κ2) is 14.1. The minimum atomic E-state index is -0.626. The molecule has 0 saturated carbocycles. The molecular formula is C59H40N2. The number of para-hydroxylation sites is 2. The molecule has 0 bridgehead atoms. The smallest absolute Gasteiger partial charge is 0.0713 e. The van der Waals surface area contributed by atoms with Gasteiger partial charge in [-0.25, -0.2) is 0 Å². The minimum absolute atomic E-state index is 0.227. The van der Waals surface area contributed by atoms with Gasteiger partial charge in [0.1, 0.15) is 0 Å². The zero-order valence-corrected chi connectivity index (χ0v) is 32.7. The molecule has 0 unspecified atom stereocenters. The van der Waals surface area contributed by atoms with E-state index in [9.17, 15) is 0 Å². The van der Waals surface area contributed by atoms with Gasteiger partial charge in [-0.3, -0.25) is 0 Å². The summed E-state index contributed by atoms with van der Waals surface area (Å²) >= 11 is 0. The average molecular weight is 787 g/mol. The SMILES string of the molecule is [2H]c1c([2H])c([2H])c(N(c2ccc3c(c2)c2cc(-c4ccc(C5(c6ccccc6)c6ccccc6-c6ccccc65)cc4)ccc2n3-c2cccc3ccccc23)c2c([2H])c([2H])c([2H])c([2H])c2[2H])c([2H])c1[2H]. The molecule has 0 radical (unpaired) electrons. The third kappa shape index (κ3) is 5.43. The van der Waals surface area contributed by atoms with Crippen molar-refractivity contribution in [2.45, 2.75) is 5.41 Å². The van der Waals surface area contributed by atoms with Crippen LogP contribution in [0.15, 0.2) is 242 Å². The highest BCUT2D eigenvalue weighted by molar-refractivity contribution is 6.13. The summed E-state index contributed by atoms with van der Waals surface area (Å²) in [7, 11) is 0. The Hall–Kier alpha value is -7.94. The van der Waals surface area contributed by atoms with Crippen molar-refractivity contribution in [3.63, 3.8) is 0 Å². The molecule has 0 fully saturated rings. The van der Waals surface area contributed by atoms with E-state index in [1.165, 1.54) is 32.7 Å². The molecule has 61 heavy (non-hydrogen) atoms. The molecule has 1 aliphatic rings. The molecule has 0 aliphatic heterocycles. The molecule has 1 aromatic heterocycles. The van der Waals surface area contributed by atoms with Gasteiger partial charge < -0.3 is 9.47 Å². The summed E-state index contributed by atoms with van der Waals surface area (Å²) in [6.07, 6.45) is 0. The maximum atomic E-state index is 9.10. The van der Waals surface area contributed by atoms with Crippen LogP contribution < -0.4 is 4.90 Å². The fourth-order valence-corrected chi connectivity index (χ4v) is 9.70. The first-order valence-electron chi connectivity index (χ1n) is 25.3. The van der Waals surface area contributed by atoms with Gasteiger partial charge in [-0.05, 0) is 110 Å². The zero-order valence-electron chi connectivity index (χ0n) is 42.7. The first-order valence-corrected chi connectivity index (χ1v) is 20.3. The number of hydrogen-bond donors (Lipinski definition) is 0. The second-order valence-electron chi connectivity index (χ2n) is 15.3. The predicted octanol–water partition coefficient (Wildman–Crippen LogP) is 15.4. The molecule has 0 atom stereocenters. The first-order chi connectivity index (χ1) is 34.4. The first kappa shape index (κ1) is 26.2. The van der Waals surface area contributed by atoms with Crippen LogP contribution in [0.3, 0.4) is 0 Å². The molecule has 0 spiro atoms. The highest BCUT2D eigenvalue weighted by atomic mass is 15.1. The maximum absolute atomic E-state index is 9.10. The van der Waals surface area contributed by atoms with Crippen LogP contribution in [0, 0.1) is 0 Å². The van der Waals surface area contributed by atoms with E-state index in [0.717, 1.165) is 55.0 Å². The predicted molar refractivity (Wildman–Crippen MR) is 256 cm³/mol. The standard InChI is InChI=1S/C59H40N2/c1-4-19-44(20-5-1)59(54-28-14-12-26-50(54)51-27-13-15-29-55(51)59)45-34-31-41(32-35-45)43-33-37-57-52(39-43)53-40-48(60(46-21-6-2-7-22-46)47-23-8-3-9-24-47)36-38-58(53)61(57)56-30-16-18-42-17-10-11-25-49(42)56/h1-40H/i2D,3D,6D,7D,8D,9D,21D,22D,23D,24D. The lowest BCUT2D eigenvalue weighted by molar-refractivity contribution is 0.768. The Morgan fingerprint density at radius 2 is 0.934 bits per heavy atom. The number of benzene rings is 10. The van der Waals surface area contributed by atoms with Crippen LogP contribution in [0.4, 0.5) is 17.1 Å². The summed E-state index contributed by atoms with van der Waals surface area (Å²) in [5.41, 5.74) is 10.6. The van der Waals surface area contributed by atoms with Crippen molar-refractivity contribution in [2.24, 2.45) is 0 Å². The highest BCUT2D eigenvalue weighted by Crippen LogP contribution is 2.56. The Labute approximate surface area is 369 Å². The largest absolute Gasteiger partial charge is 0.310 e. The molecule has 0 saturated heterocycles. The number of anilines is 3. The van der Waals surface area contributed by atoms with Gasteiger partial charge in [0.25, 0.3) is 0 Å². The lowest BCUT2D eigenvalue weighted by atomic mass is 9.67. The Balaban J connectivity index is 1.10. The molecule has 2 nitrogen and oxygen atoms in total. The minimum Gasteiger partial charge on any atom is -0.310 e. The van der Waals surface area contributed by atoms with E-state index in [1.54, 1.807) is 6.07 Å². The van der Waals surface area contributed by atoms with Crippen LogP contribution in [-0.2, 0) is 5.41 Å². The van der Waals surface area contributed by atoms with Gasteiger partial charge in [-0.15, -0.1) is 0 Å². The Morgan fingerprint density at radius 3 is 1.62 bits per heavy atom.